The van der Waals surface area contributed by atoms with Crippen LogP contribution in [0, 0.1) is 12.8 Å². The van der Waals surface area contributed by atoms with Crippen LogP contribution < -0.4 is 10.6 Å². The van der Waals surface area contributed by atoms with Gasteiger partial charge in [0.15, 0.2) is 5.13 Å². The minimum Gasteiger partial charge on any atom is -0.344 e. The molecule has 0 saturated carbocycles. The van der Waals surface area contributed by atoms with Gasteiger partial charge in [0.2, 0.25) is 11.8 Å². The number of carbonyl (C=O) groups excluding carboxylic acids is 2. The second-order valence-electron chi connectivity index (χ2n) is 6.30. The van der Waals surface area contributed by atoms with E-state index >= 15 is 0 Å². The molecule has 0 aliphatic carbocycles. The van der Waals surface area contributed by atoms with E-state index in [9.17, 15) is 9.59 Å². The summed E-state index contributed by atoms with van der Waals surface area (Å²) < 4.78 is 0. The minimum atomic E-state index is -0.583. The Morgan fingerprint density at radius 2 is 2.04 bits per heavy atom. The molecular formula is C18H22ClN3O2S. The standard InChI is InChI=1S/C18H22ClN3O2S/c1-10(2)16(21-12(4)23)17(24)22-18-20-9-14(25-18)7-13-6-5-11(3)15(19)8-13/h5-6,8-10,16H,7H2,1-4H3,(H,21,23)(H,20,22,24)/t16-/m1/s1. The van der Waals surface area contributed by atoms with Crippen molar-refractivity contribution in [1.29, 1.82) is 0 Å². The van der Waals surface area contributed by atoms with Crippen molar-refractivity contribution in [3.05, 3.63) is 45.4 Å². The van der Waals surface area contributed by atoms with Gasteiger partial charge in [-0.25, -0.2) is 4.98 Å². The summed E-state index contributed by atoms with van der Waals surface area (Å²) in [6, 6.07) is 5.38. The largest absolute Gasteiger partial charge is 0.344 e. The molecule has 0 fully saturated rings. The Bertz CT molecular complexity index is 773. The second kappa shape index (κ2) is 8.45. The molecule has 25 heavy (non-hydrogen) atoms. The first-order valence-corrected chi connectivity index (χ1v) is 9.23. The van der Waals surface area contributed by atoms with Gasteiger partial charge in [-0.15, -0.1) is 11.3 Å². The summed E-state index contributed by atoms with van der Waals surface area (Å²) in [4.78, 5) is 28.9. The Labute approximate surface area is 156 Å². The van der Waals surface area contributed by atoms with E-state index in [2.05, 4.69) is 15.6 Å². The van der Waals surface area contributed by atoms with Crippen LogP contribution in [0.4, 0.5) is 5.13 Å². The zero-order valence-corrected chi connectivity index (χ0v) is 16.3. The Balaban J connectivity index is 2.03. The van der Waals surface area contributed by atoms with E-state index in [0.717, 1.165) is 21.0 Å². The molecule has 0 spiro atoms. The third-order valence-electron chi connectivity index (χ3n) is 3.71. The molecule has 1 heterocycles. The zero-order valence-electron chi connectivity index (χ0n) is 14.7. The van der Waals surface area contributed by atoms with E-state index in [4.69, 9.17) is 11.6 Å². The molecule has 2 N–H and O–H groups in total. The number of anilines is 1. The van der Waals surface area contributed by atoms with Gasteiger partial charge in [0, 0.05) is 29.4 Å². The number of rotatable bonds is 6. The summed E-state index contributed by atoms with van der Waals surface area (Å²) in [5.41, 5.74) is 2.14. The van der Waals surface area contributed by atoms with Crippen LogP contribution in [0.15, 0.2) is 24.4 Å². The molecule has 0 aliphatic heterocycles. The first kappa shape index (κ1) is 19.4. The highest BCUT2D eigenvalue weighted by Gasteiger charge is 2.23. The number of aryl methyl sites for hydroxylation is 1. The van der Waals surface area contributed by atoms with Crippen LogP contribution >= 0.6 is 22.9 Å². The lowest BCUT2D eigenvalue weighted by Gasteiger charge is -2.20. The van der Waals surface area contributed by atoms with Gasteiger partial charge in [0.25, 0.3) is 0 Å². The van der Waals surface area contributed by atoms with Crippen molar-refractivity contribution in [3.8, 4) is 0 Å². The second-order valence-corrected chi connectivity index (χ2v) is 7.83. The Morgan fingerprint density at radius 1 is 1.32 bits per heavy atom. The number of aromatic nitrogens is 1. The third kappa shape index (κ3) is 5.54. The predicted molar refractivity (Wildman–Crippen MR) is 102 cm³/mol. The smallest absolute Gasteiger partial charge is 0.248 e. The molecule has 5 nitrogen and oxygen atoms in total. The number of thiazole rings is 1. The molecule has 1 aromatic heterocycles. The van der Waals surface area contributed by atoms with Crippen molar-refractivity contribution in [3.63, 3.8) is 0 Å². The summed E-state index contributed by atoms with van der Waals surface area (Å²) in [6.45, 7) is 7.13. The molecule has 2 aromatic rings. The highest BCUT2D eigenvalue weighted by molar-refractivity contribution is 7.15. The summed E-state index contributed by atoms with van der Waals surface area (Å²) >= 11 is 7.57. The van der Waals surface area contributed by atoms with Crippen LogP contribution in [0.1, 0.15) is 36.8 Å². The maximum atomic E-state index is 12.4. The first-order valence-electron chi connectivity index (χ1n) is 8.04. The molecule has 0 bridgehead atoms. The number of benzene rings is 1. The summed E-state index contributed by atoms with van der Waals surface area (Å²) in [7, 11) is 0. The highest BCUT2D eigenvalue weighted by Crippen LogP contribution is 2.24. The van der Waals surface area contributed by atoms with E-state index in [-0.39, 0.29) is 17.7 Å². The van der Waals surface area contributed by atoms with Crippen LogP contribution in [-0.2, 0) is 16.0 Å². The number of amides is 2. The number of hydrogen-bond donors (Lipinski definition) is 2. The maximum Gasteiger partial charge on any atom is 0.248 e. The van der Waals surface area contributed by atoms with Gasteiger partial charge in [0.05, 0.1) is 0 Å². The van der Waals surface area contributed by atoms with Crippen LogP contribution in [0.2, 0.25) is 5.02 Å². The number of hydrogen-bond acceptors (Lipinski definition) is 4. The zero-order chi connectivity index (χ0) is 18.6. The lowest BCUT2D eigenvalue weighted by molar-refractivity contribution is -0.126. The summed E-state index contributed by atoms with van der Waals surface area (Å²) in [5.74, 6) is -0.507. The Kier molecular flexibility index (Phi) is 6.56. The fraction of sp³-hybridized carbons (Fsp3) is 0.389. The normalized spacial score (nSPS) is 12.1. The number of nitrogens with one attached hydrogen (secondary N) is 2. The molecule has 1 atom stereocenters. The van der Waals surface area contributed by atoms with Gasteiger partial charge < -0.3 is 10.6 Å². The molecule has 0 saturated heterocycles. The molecule has 7 heteroatoms. The number of nitrogens with zero attached hydrogens (tertiary/aromatic N) is 1. The quantitative estimate of drug-likeness (QED) is 0.802. The van der Waals surface area contributed by atoms with Gasteiger partial charge in [-0.05, 0) is 30.0 Å². The fourth-order valence-electron chi connectivity index (χ4n) is 2.33. The fourth-order valence-corrected chi connectivity index (χ4v) is 3.38. The van der Waals surface area contributed by atoms with Crippen LogP contribution in [-0.4, -0.2) is 22.8 Å². The minimum absolute atomic E-state index is 0.0157. The van der Waals surface area contributed by atoms with Gasteiger partial charge in [-0.1, -0.05) is 37.6 Å². The van der Waals surface area contributed by atoms with Crippen molar-refractivity contribution in [2.45, 2.75) is 40.2 Å². The van der Waals surface area contributed by atoms with Crippen molar-refractivity contribution >= 4 is 39.9 Å². The molecule has 2 amide bonds. The van der Waals surface area contributed by atoms with E-state index < -0.39 is 6.04 Å². The van der Waals surface area contributed by atoms with E-state index in [1.165, 1.54) is 18.3 Å². The predicted octanol–water partition coefficient (Wildman–Crippen LogP) is 3.79. The van der Waals surface area contributed by atoms with Crippen LogP contribution in [0.3, 0.4) is 0 Å². The van der Waals surface area contributed by atoms with Gasteiger partial charge in [-0.2, -0.15) is 0 Å². The summed E-state index contributed by atoms with van der Waals surface area (Å²) in [6.07, 6.45) is 2.45. The van der Waals surface area contributed by atoms with Gasteiger partial charge in [-0.3, -0.25) is 9.59 Å². The first-order chi connectivity index (χ1) is 11.8. The maximum absolute atomic E-state index is 12.4. The van der Waals surface area contributed by atoms with E-state index in [1.54, 1.807) is 6.20 Å². The average molecular weight is 380 g/mol. The van der Waals surface area contributed by atoms with Crippen molar-refractivity contribution < 1.29 is 9.59 Å². The van der Waals surface area contributed by atoms with Gasteiger partial charge >= 0.3 is 0 Å². The monoisotopic (exact) mass is 379 g/mol. The number of halogens is 1. The highest BCUT2D eigenvalue weighted by atomic mass is 35.5. The Hall–Kier alpha value is -1.92. The van der Waals surface area contributed by atoms with E-state index in [0.29, 0.717) is 11.6 Å². The van der Waals surface area contributed by atoms with E-state index in [1.807, 2.05) is 39.0 Å². The lowest BCUT2D eigenvalue weighted by atomic mass is 10.0. The van der Waals surface area contributed by atoms with Crippen molar-refractivity contribution in [2.24, 2.45) is 5.92 Å². The molecule has 1 aromatic carbocycles. The summed E-state index contributed by atoms with van der Waals surface area (Å²) in [5, 5.41) is 6.72. The van der Waals surface area contributed by atoms with Crippen LogP contribution in [0.5, 0.6) is 0 Å². The van der Waals surface area contributed by atoms with Crippen molar-refractivity contribution in [1.82, 2.24) is 10.3 Å². The molecule has 0 unspecified atom stereocenters. The van der Waals surface area contributed by atoms with Crippen LogP contribution in [0.25, 0.3) is 0 Å². The molecule has 2 rings (SSSR count). The van der Waals surface area contributed by atoms with Gasteiger partial charge in [0.1, 0.15) is 6.04 Å². The Morgan fingerprint density at radius 3 is 2.64 bits per heavy atom. The lowest BCUT2D eigenvalue weighted by Crippen LogP contribution is -2.46. The third-order valence-corrected chi connectivity index (χ3v) is 5.03. The topological polar surface area (TPSA) is 71.1 Å². The van der Waals surface area contributed by atoms with Crippen molar-refractivity contribution in [2.75, 3.05) is 5.32 Å². The SMILES string of the molecule is CC(=O)N[C@@H](C(=O)Nc1ncc(Cc2ccc(C)c(Cl)c2)s1)C(C)C. The average Bonchev–Trinajstić information content (AvgIpc) is 2.95. The number of carbonyl (C=O) groups is 2. The molecule has 0 aliphatic rings. The molecule has 0 radical (unpaired) electrons. The molecule has 134 valence electrons. The molecular weight excluding hydrogens is 358 g/mol.